The number of esters is 1. The zero-order valence-electron chi connectivity index (χ0n) is 15.1. The van der Waals surface area contributed by atoms with Crippen LogP contribution in [0.25, 0.3) is 0 Å². The Bertz CT molecular complexity index is 839. The number of carbonyl (C=O) groups excluding carboxylic acids is 3. The van der Waals surface area contributed by atoms with Crippen LogP contribution in [-0.4, -0.2) is 50.8 Å². The van der Waals surface area contributed by atoms with Crippen molar-refractivity contribution in [2.75, 3.05) is 21.3 Å². The van der Waals surface area contributed by atoms with Crippen LogP contribution in [-0.2, 0) is 14.3 Å². The van der Waals surface area contributed by atoms with E-state index in [1.54, 1.807) is 5.32 Å². The fourth-order valence-corrected chi connectivity index (χ4v) is 2.87. The summed E-state index contributed by atoms with van der Waals surface area (Å²) in [6.07, 6.45) is -5.33. The van der Waals surface area contributed by atoms with Crippen LogP contribution in [0.4, 0.5) is 13.2 Å². The molecule has 2 N–H and O–H groups in total. The number of hydrogen-bond acceptors (Lipinski definition) is 6. The van der Waals surface area contributed by atoms with Crippen LogP contribution in [0.2, 0.25) is 0 Å². The molecule has 2 amide bonds. The van der Waals surface area contributed by atoms with E-state index in [1.807, 2.05) is 5.32 Å². The fourth-order valence-electron chi connectivity index (χ4n) is 2.87. The molecule has 0 saturated carbocycles. The van der Waals surface area contributed by atoms with Crippen LogP contribution in [0.3, 0.4) is 0 Å². The maximum Gasteiger partial charge on any atom is 0.421 e. The third kappa shape index (κ3) is 3.23. The molecule has 0 aliphatic carbocycles. The van der Waals surface area contributed by atoms with E-state index in [0.717, 1.165) is 13.2 Å². The Morgan fingerprint density at radius 1 is 1.18 bits per heavy atom. The van der Waals surface area contributed by atoms with Gasteiger partial charge in [0.2, 0.25) is 5.54 Å². The second kappa shape index (κ2) is 7.41. The van der Waals surface area contributed by atoms with Gasteiger partial charge in [-0.3, -0.25) is 14.4 Å². The summed E-state index contributed by atoms with van der Waals surface area (Å²) in [6, 6.07) is 3.61. The monoisotopic (exact) mass is 402 g/mol. The van der Waals surface area contributed by atoms with Gasteiger partial charge in [0.15, 0.2) is 11.5 Å². The zero-order chi connectivity index (χ0) is 21.3. The minimum atomic E-state index is -5.33. The first-order valence-corrected chi connectivity index (χ1v) is 7.72. The lowest BCUT2D eigenvalue weighted by molar-refractivity contribution is -0.206. The lowest BCUT2D eigenvalue weighted by Crippen LogP contribution is -2.67. The summed E-state index contributed by atoms with van der Waals surface area (Å²) < 4.78 is 56.3. The molecule has 0 spiro atoms. The number of hydrogen-bond donors (Lipinski definition) is 2. The predicted molar refractivity (Wildman–Crippen MR) is 88.6 cm³/mol. The molecule has 0 aromatic heterocycles. The van der Waals surface area contributed by atoms with E-state index in [4.69, 9.17) is 9.47 Å². The summed E-state index contributed by atoms with van der Waals surface area (Å²) in [5.74, 6) is -6.17. The molecule has 2 atom stereocenters. The van der Waals surface area contributed by atoms with Gasteiger partial charge in [-0.2, -0.15) is 13.2 Å². The van der Waals surface area contributed by atoms with Gasteiger partial charge in [-0.25, -0.2) is 0 Å². The highest BCUT2D eigenvalue weighted by molar-refractivity contribution is 6.05. The summed E-state index contributed by atoms with van der Waals surface area (Å²) in [5.41, 5.74) is -4.38. The third-order valence-electron chi connectivity index (χ3n) is 4.25. The SMILES string of the molecule is C=C1NC(=O)[C@@](NC(=O)c2ccc(OC)c(OC)c2)(C(F)(F)F)[C@H]1C(=O)OC. The highest BCUT2D eigenvalue weighted by Crippen LogP contribution is 2.43. The van der Waals surface area contributed by atoms with Gasteiger partial charge in [0.25, 0.3) is 11.8 Å². The molecule has 1 heterocycles. The van der Waals surface area contributed by atoms with E-state index in [-0.39, 0.29) is 17.1 Å². The van der Waals surface area contributed by atoms with Crippen molar-refractivity contribution in [1.29, 1.82) is 0 Å². The van der Waals surface area contributed by atoms with E-state index in [9.17, 15) is 27.6 Å². The molecule has 1 aliphatic rings. The topological polar surface area (TPSA) is 103 Å². The molecule has 1 aromatic carbocycles. The fraction of sp³-hybridized carbons (Fsp3) is 0.353. The normalized spacial score (nSPS) is 21.7. The Kier molecular flexibility index (Phi) is 5.57. The molecular weight excluding hydrogens is 385 g/mol. The predicted octanol–water partition coefficient (Wildman–Crippen LogP) is 1.17. The second-order valence-electron chi connectivity index (χ2n) is 5.77. The smallest absolute Gasteiger partial charge is 0.421 e. The quantitative estimate of drug-likeness (QED) is 0.717. The third-order valence-corrected chi connectivity index (χ3v) is 4.25. The Morgan fingerprint density at radius 3 is 2.29 bits per heavy atom. The molecule has 28 heavy (non-hydrogen) atoms. The van der Waals surface area contributed by atoms with Crippen LogP contribution >= 0.6 is 0 Å². The first-order valence-electron chi connectivity index (χ1n) is 7.72. The lowest BCUT2D eigenvalue weighted by Gasteiger charge is -2.33. The zero-order valence-corrected chi connectivity index (χ0v) is 15.1. The summed E-state index contributed by atoms with van der Waals surface area (Å²) in [4.78, 5) is 36.7. The van der Waals surface area contributed by atoms with Gasteiger partial charge in [-0.15, -0.1) is 0 Å². The molecular formula is C17H17F3N2O6. The summed E-state index contributed by atoms with van der Waals surface area (Å²) in [6.45, 7) is 3.27. The van der Waals surface area contributed by atoms with Gasteiger partial charge >= 0.3 is 12.1 Å². The summed E-state index contributed by atoms with van der Waals surface area (Å²) in [7, 11) is 3.47. The van der Waals surface area contributed by atoms with Crippen LogP contribution < -0.4 is 20.1 Å². The standard InChI is InChI=1S/C17H17F3N2O6/c1-8-12(14(24)28-4)16(15(25)21-8,17(18,19)20)22-13(23)9-5-6-10(26-2)11(7-9)27-3/h5-7,12H,1H2,2-4H3,(H,21,25)(H,22,23)/t12-,16-/m1/s1. The van der Waals surface area contributed by atoms with E-state index >= 15 is 0 Å². The number of halogens is 3. The number of ether oxygens (including phenoxy) is 3. The number of amides is 2. The summed E-state index contributed by atoms with van der Waals surface area (Å²) >= 11 is 0. The Morgan fingerprint density at radius 2 is 1.79 bits per heavy atom. The molecule has 0 bridgehead atoms. The van der Waals surface area contributed by atoms with Gasteiger partial charge in [-0.1, -0.05) is 6.58 Å². The van der Waals surface area contributed by atoms with Crippen LogP contribution in [0, 0.1) is 5.92 Å². The molecule has 152 valence electrons. The Labute approximate surface area is 157 Å². The highest BCUT2D eigenvalue weighted by atomic mass is 19.4. The Hall–Kier alpha value is -3.24. The number of rotatable bonds is 5. The summed E-state index contributed by atoms with van der Waals surface area (Å²) in [5, 5.41) is 3.51. The number of alkyl halides is 3. The van der Waals surface area contributed by atoms with Crippen molar-refractivity contribution in [2.45, 2.75) is 11.7 Å². The molecule has 2 rings (SSSR count). The van der Waals surface area contributed by atoms with Gasteiger partial charge in [0.05, 0.1) is 21.3 Å². The lowest BCUT2D eigenvalue weighted by atomic mass is 9.83. The van der Waals surface area contributed by atoms with Crippen molar-refractivity contribution in [1.82, 2.24) is 10.6 Å². The first kappa shape index (κ1) is 21.1. The number of benzene rings is 1. The number of carbonyl (C=O) groups is 3. The largest absolute Gasteiger partial charge is 0.493 e. The molecule has 11 heteroatoms. The van der Waals surface area contributed by atoms with Gasteiger partial charge in [0, 0.05) is 11.3 Å². The van der Waals surface area contributed by atoms with Gasteiger partial charge in [0.1, 0.15) is 5.92 Å². The molecule has 0 radical (unpaired) electrons. The van der Waals surface area contributed by atoms with Crippen molar-refractivity contribution < 1.29 is 41.8 Å². The van der Waals surface area contributed by atoms with Crippen molar-refractivity contribution in [2.24, 2.45) is 5.92 Å². The minimum absolute atomic E-state index is 0.0843. The van der Waals surface area contributed by atoms with Crippen molar-refractivity contribution in [3.8, 4) is 11.5 Å². The maximum atomic E-state index is 14.0. The van der Waals surface area contributed by atoms with Crippen LogP contribution in [0.15, 0.2) is 30.5 Å². The molecule has 8 nitrogen and oxygen atoms in total. The average molecular weight is 402 g/mol. The minimum Gasteiger partial charge on any atom is -0.493 e. The van der Waals surface area contributed by atoms with Crippen molar-refractivity contribution in [3.63, 3.8) is 0 Å². The first-order chi connectivity index (χ1) is 13.0. The van der Waals surface area contributed by atoms with Gasteiger partial charge < -0.3 is 24.8 Å². The van der Waals surface area contributed by atoms with E-state index in [2.05, 4.69) is 11.3 Å². The van der Waals surface area contributed by atoms with Crippen molar-refractivity contribution >= 4 is 17.8 Å². The molecule has 1 aliphatic heterocycles. The van der Waals surface area contributed by atoms with E-state index < -0.39 is 41.1 Å². The molecule has 1 aromatic rings. The van der Waals surface area contributed by atoms with Crippen LogP contribution in [0.1, 0.15) is 10.4 Å². The van der Waals surface area contributed by atoms with E-state index in [1.165, 1.54) is 26.4 Å². The maximum absolute atomic E-state index is 14.0. The van der Waals surface area contributed by atoms with Gasteiger partial charge in [-0.05, 0) is 18.2 Å². The molecule has 1 fully saturated rings. The van der Waals surface area contributed by atoms with E-state index in [0.29, 0.717) is 0 Å². The van der Waals surface area contributed by atoms with Crippen molar-refractivity contribution in [3.05, 3.63) is 36.0 Å². The molecule has 1 saturated heterocycles. The number of nitrogens with one attached hydrogen (secondary N) is 2. The molecule has 0 unspecified atom stereocenters. The van der Waals surface area contributed by atoms with Crippen LogP contribution in [0.5, 0.6) is 11.5 Å². The Balaban J connectivity index is 2.53. The number of methoxy groups -OCH3 is 3. The highest BCUT2D eigenvalue weighted by Gasteiger charge is 2.72. The second-order valence-corrected chi connectivity index (χ2v) is 5.77. The average Bonchev–Trinajstić information content (AvgIpc) is 2.90.